The second-order valence-corrected chi connectivity index (χ2v) is 6.93. The molecule has 0 saturated carbocycles. The molecule has 0 spiro atoms. The molecule has 0 aliphatic carbocycles. The zero-order valence-corrected chi connectivity index (χ0v) is 10.4. The number of fused-ring (bicyclic) bond motifs is 1. The Labute approximate surface area is 88.1 Å². The number of rotatable bonds is 0. The highest BCUT2D eigenvalue weighted by atomic mass is 15.4. The highest BCUT2D eigenvalue weighted by Crippen LogP contribution is 2.42. The van der Waals surface area contributed by atoms with Crippen molar-refractivity contribution >= 4 is 0 Å². The van der Waals surface area contributed by atoms with E-state index < -0.39 is 0 Å². The van der Waals surface area contributed by atoms with Crippen LogP contribution in [0.3, 0.4) is 0 Å². The average molecular weight is 196 g/mol. The lowest BCUT2D eigenvalue weighted by atomic mass is 9.83. The summed E-state index contributed by atoms with van der Waals surface area (Å²) < 4.78 is 0. The molecule has 0 aromatic heterocycles. The van der Waals surface area contributed by atoms with Crippen LogP contribution in [-0.2, 0) is 0 Å². The highest BCUT2D eigenvalue weighted by molar-refractivity contribution is 5.18. The van der Waals surface area contributed by atoms with E-state index in [1.54, 1.807) is 0 Å². The van der Waals surface area contributed by atoms with Crippen LogP contribution >= 0.6 is 0 Å². The molecule has 3 atom stereocenters. The van der Waals surface area contributed by atoms with Gasteiger partial charge in [0.05, 0.1) is 0 Å². The zero-order valence-electron chi connectivity index (χ0n) is 10.4. The molecule has 2 rings (SSSR count). The van der Waals surface area contributed by atoms with Gasteiger partial charge < -0.3 is 5.32 Å². The Kier molecular flexibility index (Phi) is 2.04. The zero-order chi connectivity index (χ0) is 10.7. The number of hydrogen-bond donors (Lipinski definition) is 1. The van der Waals surface area contributed by atoms with Crippen molar-refractivity contribution in [2.75, 3.05) is 6.54 Å². The summed E-state index contributed by atoms with van der Waals surface area (Å²) in [5, 5.41) is 3.59. The second-order valence-electron chi connectivity index (χ2n) is 6.93. The summed E-state index contributed by atoms with van der Waals surface area (Å²) in [7, 11) is 0. The topological polar surface area (TPSA) is 25.2 Å². The monoisotopic (exact) mass is 196 g/mol. The van der Waals surface area contributed by atoms with Gasteiger partial charge in [-0.3, -0.25) is 4.90 Å². The lowest BCUT2D eigenvalue weighted by Gasteiger charge is -2.44. The van der Waals surface area contributed by atoms with Crippen molar-refractivity contribution < 1.29 is 0 Å². The Morgan fingerprint density at radius 2 is 1.64 bits per heavy atom. The third kappa shape index (κ3) is 1.59. The number of likely N-dealkylation sites (tertiary alicyclic amines) is 1. The van der Waals surface area contributed by atoms with Gasteiger partial charge in [-0.05, 0) is 26.2 Å². The SMILES string of the molecule is CC(C)(C)C1C2NC2CN1C(C)(C)C. The molecule has 3 unspecified atom stereocenters. The summed E-state index contributed by atoms with van der Waals surface area (Å²) in [4.78, 5) is 2.68. The van der Waals surface area contributed by atoms with Crippen LogP contribution in [0.1, 0.15) is 41.5 Å². The van der Waals surface area contributed by atoms with Crippen LogP contribution < -0.4 is 5.32 Å². The maximum Gasteiger partial charge on any atom is 0.0399 e. The van der Waals surface area contributed by atoms with Crippen molar-refractivity contribution in [2.45, 2.75) is 65.2 Å². The molecule has 0 radical (unpaired) electrons. The lowest BCUT2D eigenvalue weighted by Crippen LogP contribution is -2.54. The number of nitrogens with zero attached hydrogens (tertiary/aromatic N) is 1. The fraction of sp³-hybridized carbons (Fsp3) is 1.00. The molecule has 14 heavy (non-hydrogen) atoms. The predicted molar refractivity (Wildman–Crippen MR) is 60.4 cm³/mol. The Balaban J connectivity index is 2.20. The second kappa shape index (κ2) is 2.73. The molecule has 0 amide bonds. The van der Waals surface area contributed by atoms with Gasteiger partial charge in [0.2, 0.25) is 0 Å². The Hall–Kier alpha value is -0.0800. The van der Waals surface area contributed by atoms with E-state index in [0.29, 0.717) is 17.0 Å². The van der Waals surface area contributed by atoms with Gasteiger partial charge in [0.25, 0.3) is 0 Å². The minimum Gasteiger partial charge on any atom is -0.305 e. The van der Waals surface area contributed by atoms with E-state index in [1.807, 2.05) is 0 Å². The van der Waals surface area contributed by atoms with Gasteiger partial charge in [-0.1, -0.05) is 20.8 Å². The average Bonchev–Trinajstić information content (AvgIpc) is 2.56. The fourth-order valence-corrected chi connectivity index (χ4v) is 2.89. The van der Waals surface area contributed by atoms with Crippen LogP contribution in [0.4, 0.5) is 0 Å². The van der Waals surface area contributed by atoms with E-state index in [-0.39, 0.29) is 0 Å². The largest absolute Gasteiger partial charge is 0.305 e. The van der Waals surface area contributed by atoms with Gasteiger partial charge >= 0.3 is 0 Å². The third-order valence-corrected chi connectivity index (χ3v) is 3.55. The molecule has 1 N–H and O–H groups in total. The summed E-state index contributed by atoms with van der Waals surface area (Å²) >= 11 is 0. The maximum atomic E-state index is 3.59. The van der Waals surface area contributed by atoms with E-state index in [4.69, 9.17) is 0 Å². The molecule has 2 aliphatic heterocycles. The molecule has 0 aromatic carbocycles. The summed E-state index contributed by atoms with van der Waals surface area (Å²) in [5.74, 6) is 0. The Bertz CT molecular complexity index is 234. The first-order chi connectivity index (χ1) is 6.21. The van der Waals surface area contributed by atoms with Gasteiger partial charge in [-0.25, -0.2) is 0 Å². The molecule has 0 aromatic rings. The van der Waals surface area contributed by atoms with Crippen molar-refractivity contribution in [1.29, 1.82) is 0 Å². The molecule has 0 bridgehead atoms. The molecule has 2 aliphatic rings. The normalized spacial score (nSPS) is 38.6. The number of piperazine rings is 1. The van der Waals surface area contributed by atoms with Crippen LogP contribution in [-0.4, -0.2) is 35.1 Å². The van der Waals surface area contributed by atoms with E-state index >= 15 is 0 Å². The molecule has 2 nitrogen and oxygen atoms in total. The minimum atomic E-state index is 0.313. The van der Waals surface area contributed by atoms with Gasteiger partial charge in [0, 0.05) is 30.2 Å². The van der Waals surface area contributed by atoms with Gasteiger partial charge in [-0.15, -0.1) is 0 Å². The van der Waals surface area contributed by atoms with Crippen molar-refractivity contribution in [3.8, 4) is 0 Å². The minimum absolute atomic E-state index is 0.313. The van der Waals surface area contributed by atoms with Crippen LogP contribution in [0.25, 0.3) is 0 Å². The molecular formula is C12H24N2. The fourth-order valence-electron chi connectivity index (χ4n) is 2.89. The van der Waals surface area contributed by atoms with E-state index in [2.05, 4.69) is 51.8 Å². The first-order valence-electron chi connectivity index (χ1n) is 5.74. The molecule has 2 heteroatoms. The van der Waals surface area contributed by atoms with Crippen molar-refractivity contribution in [1.82, 2.24) is 10.2 Å². The highest BCUT2D eigenvalue weighted by Gasteiger charge is 2.57. The lowest BCUT2D eigenvalue weighted by molar-refractivity contribution is 0.0443. The first-order valence-corrected chi connectivity index (χ1v) is 5.74. The van der Waals surface area contributed by atoms with Crippen LogP contribution in [0.2, 0.25) is 0 Å². The quantitative estimate of drug-likeness (QED) is 0.598. The van der Waals surface area contributed by atoms with Crippen molar-refractivity contribution in [3.63, 3.8) is 0 Å². The molecular weight excluding hydrogens is 172 g/mol. The predicted octanol–water partition coefficient (Wildman–Crippen LogP) is 1.86. The summed E-state index contributed by atoms with van der Waals surface area (Å²) in [6.45, 7) is 15.3. The molecule has 82 valence electrons. The maximum absolute atomic E-state index is 3.59. The van der Waals surface area contributed by atoms with E-state index in [1.165, 1.54) is 6.54 Å². The van der Waals surface area contributed by atoms with E-state index in [9.17, 15) is 0 Å². The summed E-state index contributed by atoms with van der Waals surface area (Å²) in [6, 6.07) is 2.24. The van der Waals surface area contributed by atoms with Gasteiger partial charge in [0.15, 0.2) is 0 Å². The standard InChI is InChI=1S/C12H24N2/c1-11(2,3)10-9-8(13-9)7-14(10)12(4,5)6/h8-10,13H,7H2,1-6H3. The van der Waals surface area contributed by atoms with Crippen LogP contribution in [0, 0.1) is 5.41 Å². The number of hydrogen-bond acceptors (Lipinski definition) is 2. The third-order valence-electron chi connectivity index (χ3n) is 3.55. The molecule has 2 fully saturated rings. The van der Waals surface area contributed by atoms with Crippen molar-refractivity contribution in [2.24, 2.45) is 5.41 Å². The Morgan fingerprint density at radius 1 is 1.07 bits per heavy atom. The summed E-state index contributed by atoms with van der Waals surface area (Å²) in [6.07, 6.45) is 0. The molecule has 2 heterocycles. The van der Waals surface area contributed by atoms with Crippen LogP contribution in [0.5, 0.6) is 0 Å². The number of nitrogens with one attached hydrogen (secondary N) is 1. The van der Waals surface area contributed by atoms with E-state index in [0.717, 1.165) is 12.1 Å². The van der Waals surface area contributed by atoms with Gasteiger partial charge in [0.1, 0.15) is 0 Å². The van der Waals surface area contributed by atoms with Crippen LogP contribution in [0.15, 0.2) is 0 Å². The summed E-state index contributed by atoms with van der Waals surface area (Å²) in [5.41, 5.74) is 0.698. The van der Waals surface area contributed by atoms with Gasteiger partial charge in [-0.2, -0.15) is 0 Å². The van der Waals surface area contributed by atoms with Crippen molar-refractivity contribution in [3.05, 3.63) is 0 Å². The Morgan fingerprint density at radius 3 is 2.00 bits per heavy atom. The first kappa shape index (κ1) is 10.4. The smallest absolute Gasteiger partial charge is 0.0399 e. The molecule has 2 saturated heterocycles.